The zero-order valence-electron chi connectivity index (χ0n) is 28.1. The molecule has 1 aliphatic carbocycles. The van der Waals surface area contributed by atoms with Gasteiger partial charge in [-0.1, -0.05) is 17.7 Å². The molecule has 47 heavy (non-hydrogen) atoms. The molecular formula is C34H44N4O9. The summed E-state index contributed by atoms with van der Waals surface area (Å²) in [5, 5.41) is 11.3. The van der Waals surface area contributed by atoms with Gasteiger partial charge in [-0.25, -0.2) is 9.48 Å². The van der Waals surface area contributed by atoms with E-state index in [1.807, 2.05) is 32.9 Å². The molecule has 1 atom stereocenters. The normalized spacial score (nSPS) is 13.8. The maximum absolute atomic E-state index is 13.2. The minimum Gasteiger partial charge on any atom is -0.493 e. The number of aromatic nitrogens is 3. The number of hydrogen-bond acceptors (Lipinski definition) is 11. The third-order valence-electron chi connectivity index (χ3n) is 7.67. The quantitative estimate of drug-likeness (QED) is 0.196. The number of methoxy groups -OCH3 is 4. The van der Waals surface area contributed by atoms with Gasteiger partial charge >= 0.3 is 12.1 Å². The number of amides is 1. The van der Waals surface area contributed by atoms with Crippen LogP contribution in [-0.4, -0.2) is 67.6 Å². The van der Waals surface area contributed by atoms with Gasteiger partial charge in [0.2, 0.25) is 11.2 Å². The van der Waals surface area contributed by atoms with Crippen molar-refractivity contribution < 1.29 is 38.0 Å². The minimum atomic E-state index is -0.546. The van der Waals surface area contributed by atoms with Gasteiger partial charge in [-0.3, -0.25) is 9.59 Å². The summed E-state index contributed by atoms with van der Waals surface area (Å²) < 4.78 is 34.9. The van der Waals surface area contributed by atoms with Crippen molar-refractivity contribution in [1.29, 1.82) is 0 Å². The second-order valence-corrected chi connectivity index (χ2v) is 12.1. The van der Waals surface area contributed by atoms with Crippen LogP contribution in [0.5, 0.6) is 23.0 Å². The Bertz CT molecular complexity index is 1630. The molecule has 1 aliphatic rings. The van der Waals surface area contributed by atoms with Crippen molar-refractivity contribution >= 4 is 12.1 Å². The number of nitrogens with zero attached hydrogens (tertiary/aromatic N) is 3. The number of fused-ring (bicyclic) bond motifs is 3. The lowest BCUT2D eigenvalue weighted by Gasteiger charge is -2.19. The van der Waals surface area contributed by atoms with Crippen molar-refractivity contribution in [3.63, 3.8) is 0 Å². The first kappa shape index (κ1) is 35.1. The molecule has 1 heterocycles. The lowest BCUT2D eigenvalue weighted by Crippen LogP contribution is -2.32. The fraction of sp³-hybridized carbons (Fsp3) is 0.500. The highest BCUT2D eigenvalue weighted by Crippen LogP contribution is 2.50. The molecule has 4 rings (SSSR count). The number of carbonyl (C=O) groups is 2. The first-order valence-electron chi connectivity index (χ1n) is 15.6. The van der Waals surface area contributed by atoms with Crippen LogP contribution in [0.3, 0.4) is 0 Å². The molecule has 2 aromatic carbocycles. The van der Waals surface area contributed by atoms with E-state index in [0.717, 1.165) is 23.1 Å². The largest absolute Gasteiger partial charge is 0.493 e. The van der Waals surface area contributed by atoms with E-state index in [1.54, 1.807) is 44.3 Å². The summed E-state index contributed by atoms with van der Waals surface area (Å²) in [6.07, 6.45) is 4.79. The number of benzene rings is 1. The van der Waals surface area contributed by atoms with Gasteiger partial charge in [-0.2, -0.15) is 0 Å². The molecular weight excluding hydrogens is 608 g/mol. The third-order valence-corrected chi connectivity index (χ3v) is 7.67. The fourth-order valence-electron chi connectivity index (χ4n) is 5.56. The number of unbranched alkanes of at least 4 members (excludes halogenated alkanes) is 2. The highest BCUT2D eigenvalue weighted by molar-refractivity contribution is 5.82. The van der Waals surface area contributed by atoms with E-state index in [-0.39, 0.29) is 36.2 Å². The molecule has 0 aliphatic heterocycles. The summed E-state index contributed by atoms with van der Waals surface area (Å²) in [4.78, 5) is 37.3. The summed E-state index contributed by atoms with van der Waals surface area (Å²) in [5.41, 5.74) is 2.85. The SMILES string of the molecule is COc1cc2c(c(OC)c1OC)-c1ccc(OC)c(=O)cc1[C@@H](n1cc(COC(=O)CCCCCNC(=O)OC(C)(C)C)nn1)CC2. The molecule has 1 aromatic heterocycles. The predicted octanol–water partition coefficient (Wildman–Crippen LogP) is 5.00. The van der Waals surface area contributed by atoms with Crippen molar-refractivity contribution in [3.8, 4) is 34.1 Å². The molecule has 0 saturated heterocycles. The van der Waals surface area contributed by atoms with Crippen molar-refractivity contribution in [2.45, 2.75) is 77.5 Å². The molecule has 3 aromatic rings. The van der Waals surface area contributed by atoms with Gasteiger partial charge in [0.25, 0.3) is 0 Å². The molecule has 1 N–H and O–H groups in total. The number of aryl methyl sites for hydroxylation is 1. The highest BCUT2D eigenvalue weighted by Gasteiger charge is 2.30. The molecule has 0 fully saturated rings. The van der Waals surface area contributed by atoms with E-state index in [2.05, 4.69) is 15.6 Å². The van der Waals surface area contributed by atoms with E-state index in [9.17, 15) is 14.4 Å². The summed E-state index contributed by atoms with van der Waals surface area (Å²) in [6, 6.07) is 6.60. The molecule has 0 radical (unpaired) electrons. The number of nitrogens with one attached hydrogen (secondary N) is 1. The summed E-state index contributed by atoms with van der Waals surface area (Å²) in [6.45, 7) is 5.85. The molecule has 0 unspecified atom stereocenters. The van der Waals surface area contributed by atoms with Crippen LogP contribution in [0.2, 0.25) is 0 Å². The number of ether oxygens (including phenoxy) is 6. The standard InChI is InChI=1S/C34H44N4O9/c1-34(2,3)47-33(41)35-16-10-8-9-11-29(40)46-20-22-19-38(37-36-22)25-14-12-21-17-28(43-5)31(44-6)32(45-7)30(21)23-13-15-27(42-4)26(39)18-24(23)25/h13,15,17-19,25H,8-12,14,16,20H2,1-7H3,(H,35,41)/t25-/m0/s1. The third kappa shape index (κ3) is 8.72. The average molecular weight is 653 g/mol. The first-order valence-corrected chi connectivity index (χ1v) is 15.6. The molecule has 0 spiro atoms. The highest BCUT2D eigenvalue weighted by atomic mass is 16.6. The van der Waals surface area contributed by atoms with E-state index < -0.39 is 11.7 Å². The lowest BCUT2D eigenvalue weighted by atomic mass is 9.95. The zero-order chi connectivity index (χ0) is 34.1. The van der Waals surface area contributed by atoms with Gasteiger partial charge < -0.3 is 33.7 Å². The molecule has 13 heteroatoms. The molecule has 254 valence electrons. The average Bonchev–Trinajstić information content (AvgIpc) is 3.37. The molecule has 1 amide bonds. The Morgan fingerprint density at radius 3 is 2.38 bits per heavy atom. The van der Waals surface area contributed by atoms with Crippen LogP contribution in [0, 0.1) is 0 Å². The Hall–Kier alpha value is -4.81. The second kappa shape index (κ2) is 15.7. The predicted molar refractivity (Wildman–Crippen MR) is 173 cm³/mol. The van der Waals surface area contributed by atoms with E-state index >= 15 is 0 Å². The Morgan fingerprint density at radius 2 is 1.70 bits per heavy atom. The molecule has 0 bridgehead atoms. The van der Waals surface area contributed by atoms with Gasteiger partial charge in [0.15, 0.2) is 17.2 Å². The summed E-state index contributed by atoms with van der Waals surface area (Å²) >= 11 is 0. The number of rotatable bonds is 13. The summed E-state index contributed by atoms with van der Waals surface area (Å²) in [7, 11) is 6.14. The van der Waals surface area contributed by atoms with Crippen LogP contribution in [0.4, 0.5) is 4.79 Å². The fourth-order valence-corrected chi connectivity index (χ4v) is 5.56. The van der Waals surface area contributed by atoms with Crippen LogP contribution in [-0.2, 0) is 27.3 Å². The zero-order valence-corrected chi connectivity index (χ0v) is 28.1. The Balaban J connectivity index is 1.47. The number of esters is 1. The van der Waals surface area contributed by atoms with Gasteiger partial charge in [-0.05, 0) is 81.3 Å². The van der Waals surface area contributed by atoms with E-state index in [1.165, 1.54) is 7.11 Å². The molecule has 13 nitrogen and oxygen atoms in total. The smallest absolute Gasteiger partial charge is 0.407 e. The maximum Gasteiger partial charge on any atom is 0.407 e. The van der Waals surface area contributed by atoms with E-state index in [0.29, 0.717) is 60.7 Å². The first-order chi connectivity index (χ1) is 22.5. The van der Waals surface area contributed by atoms with Gasteiger partial charge in [0, 0.05) is 18.5 Å². The number of carbonyl (C=O) groups excluding carboxylic acids is 2. The monoisotopic (exact) mass is 652 g/mol. The van der Waals surface area contributed by atoms with E-state index in [4.69, 9.17) is 28.4 Å². The Labute approximate surface area is 274 Å². The van der Waals surface area contributed by atoms with Gasteiger partial charge in [0.1, 0.15) is 17.9 Å². The second-order valence-electron chi connectivity index (χ2n) is 12.1. The van der Waals surface area contributed by atoms with Crippen molar-refractivity contribution in [2.24, 2.45) is 0 Å². The minimum absolute atomic E-state index is 0.0374. The summed E-state index contributed by atoms with van der Waals surface area (Å²) in [5.74, 6) is 1.32. The van der Waals surface area contributed by atoms with Crippen LogP contribution in [0.15, 0.2) is 35.3 Å². The van der Waals surface area contributed by atoms with Crippen LogP contribution < -0.4 is 29.7 Å². The van der Waals surface area contributed by atoms with Gasteiger partial charge in [0.05, 0.1) is 40.7 Å². The maximum atomic E-state index is 13.2. The lowest BCUT2D eigenvalue weighted by molar-refractivity contribution is -0.145. The van der Waals surface area contributed by atoms with Crippen LogP contribution in [0.1, 0.15) is 75.7 Å². The molecule has 0 saturated carbocycles. The van der Waals surface area contributed by atoms with Crippen LogP contribution in [0.25, 0.3) is 11.1 Å². The van der Waals surface area contributed by atoms with Crippen LogP contribution >= 0.6 is 0 Å². The van der Waals surface area contributed by atoms with Crippen molar-refractivity contribution in [1.82, 2.24) is 20.3 Å². The topological polar surface area (TPSA) is 149 Å². The number of hydrogen-bond donors (Lipinski definition) is 1. The number of alkyl carbamates (subject to hydrolysis) is 1. The van der Waals surface area contributed by atoms with Gasteiger partial charge in [-0.15, -0.1) is 5.10 Å². The Morgan fingerprint density at radius 1 is 0.957 bits per heavy atom. The van der Waals surface area contributed by atoms with Crippen molar-refractivity contribution in [2.75, 3.05) is 35.0 Å². The Kier molecular flexibility index (Phi) is 11.7. The van der Waals surface area contributed by atoms with Crippen molar-refractivity contribution in [3.05, 3.63) is 57.5 Å².